The van der Waals surface area contributed by atoms with Gasteiger partial charge in [-0.2, -0.15) is 0 Å². The van der Waals surface area contributed by atoms with E-state index in [9.17, 15) is 0 Å². The van der Waals surface area contributed by atoms with Crippen LogP contribution in [0.2, 0.25) is 49.4 Å². The molecule has 2 aliphatic carbocycles. The van der Waals surface area contributed by atoms with E-state index < -0.39 is 24.7 Å². The van der Waals surface area contributed by atoms with Crippen molar-refractivity contribution >= 4 is 36.9 Å². The average Bonchev–Trinajstić information content (AvgIpc) is 3.29. The van der Waals surface area contributed by atoms with Crippen LogP contribution >= 0.6 is 0 Å². The van der Waals surface area contributed by atoms with E-state index in [0.717, 1.165) is 11.5 Å². The van der Waals surface area contributed by atoms with Crippen LogP contribution in [0, 0.1) is 0 Å². The Kier molecular flexibility index (Phi) is 7.44. The molecule has 0 heterocycles. The molecular weight excluding hydrogens is 525 g/mol. The molecule has 0 saturated heterocycles. The first-order valence-corrected chi connectivity index (χ1v) is 23.7. The third-order valence-electron chi connectivity index (χ3n) is 10.3. The molecule has 0 spiro atoms. The molecule has 0 fully saturated rings. The highest BCUT2D eigenvalue weighted by Gasteiger charge is 2.48. The molecular formula is C34H52O2Si3. The van der Waals surface area contributed by atoms with Gasteiger partial charge >= 0.3 is 0 Å². The maximum absolute atomic E-state index is 6.90. The molecule has 2 unspecified atom stereocenters. The summed E-state index contributed by atoms with van der Waals surface area (Å²) in [6.45, 7) is 33.2. The molecule has 0 N–H and O–H groups in total. The van der Waals surface area contributed by atoms with E-state index in [-0.39, 0.29) is 10.1 Å². The van der Waals surface area contributed by atoms with Gasteiger partial charge in [-0.05, 0) is 73.4 Å². The van der Waals surface area contributed by atoms with Crippen LogP contribution in [-0.4, -0.2) is 24.7 Å². The zero-order valence-corrected chi connectivity index (χ0v) is 30.1. The summed E-state index contributed by atoms with van der Waals surface area (Å²) >= 11 is 0. The van der Waals surface area contributed by atoms with Crippen molar-refractivity contribution in [2.45, 2.75) is 116 Å². The maximum Gasteiger partial charge on any atom is 0.250 e. The Morgan fingerprint density at radius 2 is 0.897 bits per heavy atom. The minimum absolute atomic E-state index is 0.167. The lowest BCUT2D eigenvalue weighted by Crippen LogP contribution is -2.44. The van der Waals surface area contributed by atoms with Crippen LogP contribution in [0.4, 0.5) is 0 Å². The number of benzene rings is 2. The SMILES string of the molecule is CC1=Cc2c(O[Si](C)(C)C(C)(C)C)cccc2C1[Si](C)(C)C1C(C)=Cc2c(O[Si](C)(C)C(C)(C)C)cccc21. The first-order chi connectivity index (χ1) is 17.7. The Bertz CT molecular complexity index is 1230. The topological polar surface area (TPSA) is 18.5 Å². The van der Waals surface area contributed by atoms with E-state index in [4.69, 9.17) is 8.85 Å². The summed E-state index contributed by atoms with van der Waals surface area (Å²) in [5.74, 6) is 2.16. The second kappa shape index (κ2) is 9.63. The van der Waals surface area contributed by atoms with E-state index in [0.29, 0.717) is 11.1 Å². The van der Waals surface area contributed by atoms with Crippen molar-refractivity contribution in [3.8, 4) is 11.5 Å². The number of allylic oxidation sites excluding steroid dienone is 2. The van der Waals surface area contributed by atoms with Crippen molar-refractivity contribution in [3.63, 3.8) is 0 Å². The molecule has 4 rings (SSSR count). The molecule has 5 heteroatoms. The Morgan fingerprint density at radius 3 is 1.21 bits per heavy atom. The zero-order valence-electron chi connectivity index (χ0n) is 27.1. The van der Waals surface area contributed by atoms with Crippen LogP contribution in [0.5, 0.6) is 11.5 Å². The van der Waals surface area contributed by atoms with E-state index in [1.807, 2.05) is 0 Å². The van der Waals surface area contributed by atoms with Crippen molar-refractivity contribution in [2.75, 3.05) is 0 Å². The monoisotopic (exact) mass is 576 g/mol. The first kappa shape index (κ1) is 30.1. The van der Waals surface area contributed by atoms with Gasteiger partial charge in [-0.3, -0.25) is 0 Å². The highest BCUT2D eigenvalue weighted by Crippen LogP contribution is 2.55. The van der Waals surface area contributed by atoms with Gasteiger partial charge in [-0.1, -0.05) is 102 Å². The zero-order chi connectivity index (χ0) is 29.3. The summed E-state index contributed by atoms with van der Waals surface area (Å²) in [4.78, 5) is 0. The van der Waals surface area contributed by atoms with Crippen molar-refractivity contribution in [3.05, 3.63) is 69.8 Å². The standard InChI is InChI=1S/C34H52O2Si3/c1-23-21-27-25(17-15-19-29(27)35-38(11,12)33(3,4)5)31(23)37(9,10)32-24(2)22-28-26(32)18-16-20-30(28)36-39(13,14)34(6,7)8/h15-22,31-32H,1-14H3. The number of fused-ring (bicyclic) bond motifs is 2. The lowest BCUT2D eigenvalue weighted by Gasteiger charge is -2.40. The second-order valence-electron chi connectivity index (χ2n) is 15.7. The number of rotatable bonds is 6. The van der Waals surface area contributed by atoms with Gasteiger partial charge < -0.3 is 8.85 Å². The van der Waals surface area contributed by atoms with E-state index in [2.05, 4.69) is 143 Å². The summed E-state index contributed by atoms with van der Waals surface area (Å²) in [5, 5.41) is 0.334. The molecule has 0 radical (unpaired) electrons. The van der Waals surface area contributed by atoms with Gasteiger partial charge in [0.15, 0.2) is 0 Å². The Labute approximate surface area is 242 Å². The van der Waals surface area contributed by atoms with Gasteiger partial charge in [0.25, 0.3) is 16.6 Å². The summed E-state index contributed by atoms with van der Waals surface area (Å²) in [5.41, 5.74) is 9.47. The van der Waals surface area contributed by atoms with Crippen LogP contribution in [0.1, 0.15) is 88.7 Å². The summed E-state index contributed by atoms with van der Waals surface area (Å²) in [7, 11) is -5.81. The van der Waals surface area contributed by atoms with E-state index >= 15 is 0 Å². The van der Waals surface area contributed by atoms with Gasteiger partial charge in [-0.15, -0.1) is 0 Å². The molecule has 0 aliphatic heterocycles. The van der Waals surface area contributed by atoms with Gasteiger partial charge in [0.05, 0.1) is 8.07 Å². The Balaban J connectivity index is 1.74. The van der Waals surface area contributed by atoms with Crippen LogP contribution in [0.25, 0.3) is 12.2 Å². The normalized spacial score (nSPS) is 19.8. The largest absolute Gasteiger partial charge is 0.543 e. The molecule has 0 bridgehead atoms. The third-order valence-corrected chi connectivity index (χ3v) is 23.5. The predicted octanol–water partition coefficient (Wildman–Crippen LogP) is 10.9. The smallest absolute Gasteiger partial charge is 0.250 e. The van der Waals surface area contributed by atoms with Gasteiger partial charge in [0, 0.05) is 22.2 Å². The molecule has 0 saturated carbocycles. The quantitative estimate of drug-likeness (QED) is 0.318. The van der Waals surface area contributed by atoms with E-state index in [1.54, 1.807) is 0 Å². The van der Waals surface area contributed by atoms with Crippen molar-refractivity contribution in [1.29, 1.82) is 0 Å². The van der Waals surface area contributed by atoms with Crippen LogP contribution in [-0.2, 0) is 0 Å². The van der Waals surface area contributed by atoms with Gasteiger partial charge in [-0.25, -0.2) is 0 Å². The maximum atomic E-state index is 6.90. The molecule has 2 aliphatic rings. The summed E-state index contributed by atoms with van der Waals surface area (Å²) in [6, 6.07) is 13.6. The third kappa shape index (κ3) is 5.19. The minimum Gasteiger partial charge on any atom is -0.543 e. The second-order valence-corrected chi connectivity index (χ2v) is 30.0. The minimum atomic E-state index is -1.94. The van der Waals surface area contributed by atoms with Crippen molar-refractivity contribution in [1.82, 2.24) is 0 Å². The van der Waals surface area contributed by atoms with Gasteiger partial charge in [0.2, 0.25) is 0 Å². The van der Waals surface area contributed by atoms with Crippen LogP contribution in [0.15, 0.2) is 47.5 Å². The van der Waals surface area contributed by atoms with Gasteiger partial charge in [0.1, 0.15) is 11.5 Å². The molecule has 0 amide bonds. The van der Waals surface area contributed by atoms with Crippen LogP contribution < -0.4 is 8.85 Å². The fourth-order valence-corrected chi connectivity index (χ4v) is 13.2. The first-order valence-electron chi connectivity index (χ1n) is 14.7. The lowest BCUT2D eigenvalue weighted by molar-refractivity contribution is 0.491. The fraction of sp³-hybridized carbons (Fsp3) is 0.529. The number of hydrogen-bond acceptors (Lipinski definition) is 2. The average molecular weight is 577 g/mol. The molecule has 212 valence electrons. The highest BCUT2D eigenvalue weighted by atomic mass is 28.4. The fourth-order valence-electron chi connectivity index (χ4n) is 6.22. The molecule has 2 aromatic carbocycles. The van der Waals surface area contributed by atoms with Crippen LogP contribution in [0.3, 0.4) is 0 Å². The van der Waals surface area contributed by atoms with Crippen molar-refractivity contribution in [2.24, 2.45) is 0 Å². The summed E-state index contributed by atoms with van der Waals surface area (Å²) < 4.78 is 13.8. The molecule has 0 aromatic heterocycles. The van der Waals surface area contributed by atoms with Crippen molar-refractivity contribution < 1.29 is 8.85 Å². The Hall–Kier alpha value is -1.83. The Morgan fingerprint density at radius 1 is 0.564 bits per heavy atom. The molecule has 2 atom stereocenters. The predicted molar refractivity (Wildman–Crippen MR) is 179 cm³/mol. The highest BCUT2D eigenvalue weighted by molar-refractivity contribution is 6.82. The molecule has 39 heavy (non-hydrogen) atoms. The molecule has 2 aromatic rings. The lowest BCUT2D eigenvalue weighted by atomic mass is 10.1. The van der Waals surface area contributed by atoms with E-state index in [1.165, 1.54) is 33.4 Å². The number of hydrogen-bond donors (Lipinski definition) is 0. The molecule has 2 nitrogen and oxygen atoms in total. The summed E-state index contributed by atoms with van der Waals surface area (Å²) in [6.07, 6.45) is 4.87.